The molecule has 0 aliphatic carbocycles. The molecular weight excluding hydrogens is 318 g/mol. The van der Waals surface area contributed by atoms with Gasteiger partial charge in [-0.15, -0.1) is 0 Å². The Hall–Kier alpha value is -2.54. The van der Waals surface area contributed by atoms with Crippen LogP contribution in [0.1, 0.15) is 22.5 Å². The van der Waals surface area contributed by atoms with Gasteiger partial charge in [-0.25, -0.2) is 13.8 Å². The molecule has 24 heavy (non-hydrogen) atoms. The van der Waals surface area contributed by atoms with Gasteiger partial charge >= 0.3 is 0 Å². The van der Waals surface area contributed by atoms with Crippen LogP contribution in [0.3, 0.4) is 0 Å². The Kier molecular flexibility index (Phi) is 4.44. The first-order chi connectivity index (χ1) is 11.5. The molecule has 3 rings (SSSR count). The largest absolute Gasteiger partial charge is 0.472 e. The lowest BCUT2D eigenvalue weighted by Crippen LogP contribution is -2.29. The van der Waals surface area contributed by atoms with Crippen molar-refractivity contribution < 1.29 is 23.0 Å². The summed E-state index contributed by atoms with van der Waals surface area (Å²) >= 11 is 0. The number of methoxy groups -OCH3 is 1. The number of primary amides is 1. The maximum atomic E-state index is 14.2. The first-order valence-electron chi connectivity index (χ1n) is 7.44. The predicted molar refractivity (Wildman–Crippen MR) is 82.7 cm³/mol. The Labute approximate surface area is 137 Å². The van der Waals surface area contributed by atoms with E-state index in [4.69, 9.17) is 15.2 Å². The number of aromatic nitrogens is 1. The van der Waals surface area contributed by atoms with Crippen LogP contribution < -0.4 is 10.5 Å². The monoisotopic (exact) mass is 334 g/mol. The Morgan fingerprint density at radius 3 is 2.83 bits per heavy atom. The SMILES string of the molecule is COCC1CCc2c(-c3ccc(F)cc3F)cc(C(N)=O)nc2O1. The van der Waals surface area contributed by atoms with Crippen molar-refractivity contribution in [2.24, 2.45) is 5.73 Å². The van der Waals surface area contributed by atoms with E-state index in [1.54, 1.807) is 7.11 Å². The Morgan fingerprint density at radius 1 is 1.38 bits per heavy atom. The topological polar surface area (TPSA) is 74.4 Å². The third-order valence-corrected chi connectivity index (χ3v) is 3.91. The molecule has 0 bridgehead atoms. The number of hydrogen-bond acceptors (Lipinski definition) is 4. The van der Waals surface area contributed by atoms with Gasteiger partial charge in [0.15, 0.2) is 0 Å². The fraction of sp³-hybridized carbons (Fsp3) is 0.294. The van der Waals surface area contributed by atoms with Crippen molar-refractivity contribution in [3.05, 3.63) is 47.2 Å². The molecule has 0 fully saturated rings. The zero-order chi connectivity index (χ0) is 17.3. The summed E-state index contributed by atoms with van der Waals surface area (Å²) in [5, 5.41) is 0. The van der Waals surface area contributed by atoms with Crippen LogP contribution >= 0.6 is 0 Å². The lowest BCUT2D eigenvalue weighted by Gasteiger charge is -2.26. The maximum absolute atomic E-state index is 14.2. The molecule has 0 saturated heterocycles. The van der Waals surface area contributed by atoms with E-state index in [1.165, 1.54) is 12.1 Å². The number of amides is 1. The zero-order valence-electron chi connectivity index (χ0n) is 13.0. The van der Waals surface area contributed by atoms with Gasteiger partial charge in [-0.05, 0) is 36.6 Å². The highest BCUT2D eigenvalue weighted by molar-refractivity contribution is 5.93. The number of nitrogens with two attached hydrogens (primary N) is 1. The van der Waals surface area contributed by atoms with Gasteiger partial charge in [0.1, 0.15) is 23.4 Å². The number of rotatable bonds is 4. The highest BCUT2D eigenvalue weighted by Gasteiger charge is 2.26. The minimum Gasteiger partial charge on any atom is -0.472 e. The number of fused-ring (bicyclic) bond motifs is 1. The van der Waals surface area contributed by atoms with E-state index in [0.717, 1.165) is 12.1 Å². The van der Waals surface area contributed by atoms with Crippen LogP contribution in [0.15, 0.2) is 24.3 Å². The third-order valence-electron chi connectivity index (χ3n) is 3.91. The Bertz CT molecular complexity index is 796. The molecule has 2 N–H and O–H groups in total. The zero-order valence-corrected chi connectivity index (χ0v) is 13.0. The van der Waals surface area contributed by atoms with E-state index in [0.29, 0.717) is 30.6 Å². The molecule has 1 atom stereocenters. The molecule has 0 spiro atoms. The van der Waals surface area contributed by atoms with Crippen molar-refractivity contribution >= 4 is 5.91 Å². The van der Waals surface area contributed by atoms with Gasteiger partial charge in [-0.3, -0.25) is 4.79 Å². The van der Waals surface area contributed by atoms with Crippen molar-refractivity contribution in [3.63, 3.8) is 0 Å². The van der Waals surface area contributed by atoms with Gasteiger partial charge in [0.05, 0.1) is 6.61 Å². The number of benzene rings is 1. The summed E-state index contributed by atoms with van der Waals surface area (Å²) in [7, 11) is 1.56. The molecule has 2 heterocycles. The fourth-order valence-corrected chi connectivity index (χ4v) is 2.79. The second-order valence-electron chi connectivity index (χ2n) is 5.56. The smallest absolute Gasteiger partial charge is 0.267 e. The molecule has 5 nitrogen and oxygen atoms in total. The highest BCUT2D eigenvalue weighted by Crippen LogP contribution is 2.36. The van der Waals surface area contributed by atoms with Crippen molar-refractivity contribution in [1.82, 2.24) is 4.98 Å². The molecule has 0 radical (unpaired) electrons. The highest BCUT2D eigenvalue weighted by atomic mass is 19.1. The number of carbonyl (C=O) groups is 1. The van der Waals surface area contributed by atoms with E-state index in [9.17, 15) is 13.6 Å². The molecule has 1 aromatic heterocycles. The second-order valence-corrected chi connectivity index (χ2v) is 5.56. The molecular formula is C17H16F2N2O3. The standard InChI is InChI=1S/C17H16F2N2O3/c1-23-8-10-3-5-12-13(11-4-2-9(18)6-14(11)19)7-15(16(20)22)21-17(12)24-10/h2,4,6-7,10H,3,5,8H2,1H3,(H2,20,22). The number of hydrogen-bond donors (Lipinski definition) is 1. The lowest BCUT2D eigenvalue weighted by atomic mass is 9.94. The summed E-state index contributed by atoms with van der Waals surface area (Å²) in [6.07, 6.45) is 1.03. The quantitative estimate of drug-likeness (QED) is 0.932. The second kappa shape index (κ2) is 6.52. The summed E-state index contributed by atoms with van der Waals surface area (Å²) in [4.78, 5) is 15.7. The van der Waals surface area contributed by atoms with Crippen LogP contribution in [0.2, 0.25) is 0 Å². The number of pyridine rings is 1. The average Bonchev–Trinajstić information content (AvgIpc) is 2.54. The van der Waals surface area contributed by atoms with Crippen molar-refractivity contribution in [2.45, 2.75) is 18.9 Å². The van der Waals surface area contributed by atoms with Crippen LogP contribution in [-0.2, 0) is 11.2 Å². The molecule has 126 valence electrons. The molecule has 2 aromatic rings. The average molecular weight is 334 g/mol. The van der Waals surface area contributed by atoms with Crippen LogP contribution in [0.5, 0.6) is 5.88 Å². The normalized spacial score (nSPS) is 16.4. The van der Waals surface area contributed by atoms with Gasteiger partial charge in [0, 0.05) is 24.3 Å². The molecule has 1 unspecified atom stereocenters. The summed E-state index contributed by atoms with van der Waals surface area (Å²) in [5.74, 6) is -1.92. The molecule has 7 heteroatoms. The number of nitrogens with zero attached hydrogens (tertiary/aromatic N) is 1. The van der Waals surface area contributed by atoms with E-state index < -0.39 is 17.5 Å². The van der Waals surface area contributed by atoms with Gasteiger partial charge in [-0.2, -0.15) is 0 Å². The van der Waals surface area contributed by atoms with E-state index >= 15 is 0 Å². The van der Waals surface area contributed by atoms with E-state index in [-0.39, 0.29) is 23.2 Å². The van der Waals surface area contributed by atoms with Gasteiger partial charge in [-0.1, -0.05) is 0 Å². The fourth-order valence-electron chi connectivity index (χ4n) is 2.79. The van der Waals surface area contributed by atoms with Crippen molar-refractivity contribution in [1.29, 1.82) is 0 Å². The number of carbonyl (C=O) groups excluding carboxylic acids is 1. The molecule has 1 aromatic carbocycles. The van der Waals surface area contributed by atoms with E-state index in [1.807, 2.05) is 0 Å². The Balaban J connectivity index is 2.13. The summed E-state index contributed by atoms with van der Waals surface area (Å²) in [6, 6.07) is 4.69. The van der Waals surface area contributed by atoms with Crippen LogP contribution in [0.25, 0.3) is 11.1 Å². The minimum atomic E-state index is -0.751. The van der Waals surface area contributed by atoms with Crippen LogP contribution in [0.4, 0.5) is 8.78 Å². The third kappa shape index (κ3) is 3.07. The maximum Gasteiger partial charge on any atom is 0.267 e. The predicted octanol–water partition coefficient (Wildman–Crippen LogP) is 2.47. The van der Waals surface area contributed by atoms with E-state index in [2.05, 4.69) is 4.98 Å². The minimum absolute atomic E-state index is 0.0365. The molecule has 1 amide bonds. The number of halogens is 2. The van der Waals surface area contributed by atoms with Gasteiger partial charge in [0.25, 0.3) is 5.91 Å². The summed E-state index contributed by atoms with van der Waals surface area (Å²) < 4.78 is 38.2. The lowest BCUT2D eigenvalue weighted by molar-refractivity contribution is 0.0639. The molecule has 0 saturated carbocycles. The van der Waals surface area contributed by atoms with Gasteiger partial charge in [0.2, 0.25) is 5.88 Å². The van der Waals surface area contributed by atoms with Gasteiger partial charge < -0.3 is 15.2 Å². The summed E-state index contributed by atoms with van der Waals surface area (Å²) in [6.45, 7) is 0.377. The van der Waals surface area contributed by atoms with Crippen molar-refractivity contribution in [2.75, 3.05) is 13.7 Å². The first-order valence-corrected chi connectivity index (χ1v) is 7.44. The van der Waals surface area contributed by atoms with Crippen molar-refractivity contribution in [3.8, 4) is 17.0 Å². The summed E-state index contributed by atoms with van der Waals surface area (Å²) in [5.41, 5.74) is 6.55. The number of ether oxygens (including phenoxy) is 2. The Morgan fingerprint density at radius 2 is 2.17 bits per heavy atom. The van der Waals surface area contributed by atoms with Crippen LogP contribution in [-0.4, -0.2) is 30.7 Å². The first kappa shape index (κ1) is 16.3. The van der Waals surface area contributed by atoms with Crippen LogP contribution in [0, 0.1) is 11.6 Å². The molecule has 1 aliphatic rings. The molecule has 1 aliphatic heterocycles.